The van der Waals surface area contributed by atoms with Crippen molar-refractivity contribution in [3.8, 4) is 0 Å². The van der Waals surface area contributed by atoms with E-state index in [1.54, 1.807) is 0 Å². The number of imidazole rings is 1. The standard InChI is InChI=1S/C15H15Br2N3O/c1-19-13-9-20(6-5-12(13)18-15(19)17)14(21)8-10-3-2-4-11(16)7-10/h2-4,7H,5-6,8-9H2,1H3. The molecule has 0 spiro atoms. The number of amides is 1. The van der Waals surface area contributed by atoms with E-state index in [1.807, 2.05) is 40.8 Å². The van der Waals surface area contributed by atoms with Gasteiger partial charge in [0.15, 0.2) is 4.73 Å². The van der Waals surface area contributed by atoms with Gasteiger partial charge in [0.2, 0.25) is 5.91 Å². The lowest BCUT2D eigenvalue weighted by molar-refractivity contribution is -0.131. The molecule has 0 radical (unpaired) electrons. The molecule has 0 saturated carbocycles. The first-order chi connectivity index (χ1) is 10.0. The van der Waals surface area contributed by atoms with Crippen molar-refractivity contribution in [2.75, 3.05) is 6.54 Å². The fraction of sp³-hybridized carbons (Fsp3) is 0.333. The summed E-state index contributed by atoms with van der Waals surface area (Å²) >= 11 is 6.88. The average molecular weight is 413 g/mol. The van der Waals surface area contributed by atoms with E-state index >= 15 is 0 Å². The van der Waals surface area contributed by atoms with Gasteiger partial charge in [-0.25, -0.2) is 4.98 Å². The predicted octanol–water partition coefficient (Wildman–Crippen LogP) is 3.07. The minimum absolute atomic E-state index is 0.163. The highest BCUT2D eigenvalue weighted by atomic mass is 79.9. The quantitative estimate of drug-likeness (QED) is 0.760. The maximum Gasteiger partial charge on any atom is 0.227 e. The number of nitrogens with zero attached hydrogens (tertiary/aromatic N) is 3. The Morgan fingerprint density at radius 3 is 2.95 bits per heavy atom. The van der Waals surface area contributed by atoms with Crippen LogP contribution >= 0.6 is 31.9 Å². The van der Waals surface area contributed by atoms with Gasteiger partial charge in [0.25, 0.3) is 0 Å². The lowest BCUT2D eigenvalue weighted by Crippen LogP contribution is -2.37. The molecule has 1 aliphatic heterocycles. The molecule has 1 aliphatic rings. The number of carbonyl (C=O) groups excluding carboxylic acids is 1. The largest absolute Gasteiger partial charge is 0.336 e. The summed E-state index contributed by atoms with van der Waals surface area (Å²) in [4.78, 5) is 18.9. The smallest absolute Gasteiger partial charge is 0.227 e. The zero-order chi connectivity index (χ0) is 15.0. The van der Waals surface area contributed by atoms with Gasteiger partial charge in [-0.15, -0.1) is 0 Å². The van der Waals surface area contributed by atoms with E-state index in [0.29, 0.717) is 13.0 Å². The molecule has 0 unspecified atom stereocenters. The van der Waals surface area contributed by atoms with Gasteiger partial charge in [0, 0.05) is 24.5 Å². The van der Waals surface area contributed by atoms with Crippen LogP contribution in [0.15, 0.2) is 33.5 Å². The molecule has 1 amide bonds. The molecule has 0 bridgehead atoms. The monoisotopic (exact) mass is 411 g/mol. The van der Waals surface area contributed by atoms with Crippen LogP contribution in [0.2, 0.25) is 0 Å². The van der Waals surface area contributed by atoms with Gasteiger partial charge in [-0.05, 0) is 33.6 Å². The van der Waals surface area contributed by atoms with Crippen LogP contribution in [0.5, 0.6) is 0 Å². The second-order valence-electron chi connectivity index (χ2n) is 5.21. The second-order valence-corrected chi connectivity index (χ2v) is 6.83. The highest BCUT2D eigenvalue weighted by Gasteiger charge is 2.25. The van der Waals surface area contributed by atoms with E-state index in [-0.39, 0.29) is 5.91 Å². The summed E-state index contributed by atoms with van der Waals surface area (Å²) in [5, 5.41) is 0. The predicted molar refractivity (Wildman–Crippen MR) is 87.9 cm³/mol. The SMILES string of the molecule is Cn1c(Br)nc2c1CN(C(=O)Cc1cccc(Br)c1)CC2. The van der Waals surface area contributed by atoms with E-state index in [4.69, 9.17) is 0 Å². The van der Waals surface area contributed by atoms with Crippen molar-refractivity contribution < 1.29 is 4.79 Å². The third kappa shape index (κ3) is 3.06. The fourth-order valence-corrected chi connectivity index (χ4v) is 3.48. The van der Waals surface area contributed by atoms with Crippen LogP contribution in [-0.4, -0.2) is 26.9 Å². The molecule has 1 aromatic carbocycles. The third-order valence-electron chi connectivity index (χ3n) is 3.80. The molecule has 6 heteroatoms. The molecule has 0 saturated heterocycles. The zero-order valence-electron chi connectivity index (χ0n) is 11.6. The van der Waals surface area contributed by atoms with Crippen LogP contribution < -0.4 is 0 Å². The Bertz CT molecular complexity index is 696. The zero-order valence-corrected chi connectivity index (χ0v) is 14.8. The number of carbonyl (C=O) groups is 1. The Morgan fingerprint density at radius 2 is 2.19 bits per heavy atom. The number of halogens is 2. The summed E-state index contributed by atoms with van der Waals surface area (Å²) < 4.78 is 3.84. The van der Waals surface area contributed by atoms with Crippen molar-refractivity contribution in [1.82, 2.24) is 14.5 Å². The summed E-state index contributed by atoms with van der Waals surface area (Å²) in [5.74, 6) is 0.163. The van der Waals surface area contributed by atoms with E-state index in [1.165, 1.54) is 0 Å². The Morgan fingerprint density at radius 1 is 1.38 bits per heavy atom. The summed E-state index contributed by atoms with van der Waals surface area (Å²) in [6.07, 6.45) is 1.26. The Labute approximate surface area is 140 Å². The summed E-state index contributed by atoms with van der Waals surface area (Å²) in [6, 6.07) is 7.90. The molecular formula is C15H15Br2N3O. The van der Waals surface area contributed by atoms with Crippen LogP contribution in [-0.2, 0) is 31.2 Å². The first-order valence-electron chi connectivity index (χ1n) is 6.77. The van der Waals surface area contributed by atoms with E-state index in [2.05, 4.69) is 36.8 Å². The normalized spacial score (nSPS) is 14.1. The van der Waals surface area contributed by atoms with Gasteiger partial charge in [0.1, 0.15) is 0 Å². The van der Waals surface area contributed by atoms with Gasteiger partial charge in [0.05, 0.1) is 24.4 Å². The lowest BCUT2D eigenvalue weighted by Gasteiger charge is -2.27. The maximum atomic E-state index is 12.5. The first-order valence-corrected chi connectivity index (χ1v) is 8.35. The van der Waals surface area contributed by atoms with E-state index in [0.717, 1.165) is 39.1 Å². The number of aromatic nitrogens is 2. The molecule has 0 atom stereocenters. The molecule has 1 aromatic heterocycles. The highest BCUT2D eigenvalue weighted by molar-refractivity contribution is 9.10. The topological polar surface area (TPSA) is 38.1 Å². The van der Waals surface area contributed by atoms with Crippen LogP contribution in [0.3, 0.4) is 0 Å². The van der Waals surface area contributed by atoms with Crippen LogP contribution in [0, 0.1) is 0 Å². The number of hydrogen-bond donors (Lipinski definition) is 0. The Balaban J connectivity index is 1.73. The lowest BCUT2D eigenvalue weighted by atomic mass is 10.1. The van der Waals surface area contributed by atoms with Gasteiger partial charge >= 0.3 is 0 Å². The van der Waals surface area contributed by atoms with Crippen molar-refractivity contribution in [2.45, 2.75) is 19.4 Å². The molecular weight excluding hydrogens is 398 g/mol. The van der Waals surface area contributed by atoms with Crippen molar-refractivity contribution in [2.24, 2.45) is 7.05 Å². The number of benzene rings is 1. The molecule has 0 N–H and O–H groups in total. The minimum Gasteiger partial charge on any atom is -0.336 e. The van der Waals surface area contributed by atoms with Gasteiger partial charge in [-0.1, -0.05) is 28.1 Å². The van der Waals surface area contributed by atoms with E-state index in [9.17, 15) is 4.79 Å². The first kappa shape index (κ1) is 14.8. The molecule has 0 fully saturated rings. The van der Waals surface area contributed by atoms with Gasteiger partial charge < -0.3 is 9.47 Å². The highest BCUT2D eigenvalue weighted by Crippen LogP contribution is 2.23. The van der Waals surface area contributed by atoms with Crippen molar-refractivity contribution in [3.63, 3.8) is 0 Å². The number of fused-ring (bicyclic) bond motifs is 1. The summed E-state index contributed by atoms with van der Waals surface area (Å²) in [5.41, 5.74) is 3.25. The Kier molecular flexibility index (Phi) is 4.17. The maximum absolute atomic E-state index is 12.5. The second kappa shape index (κ2) is 5.93. The van der Waals surface area contributed by atoms with Crippen molar-refractivity contribution in [3.05, 3.63) is 50.4 Å². The minimum atomic E-state index is 0.163. The average Bonchev–Trinajstić information content (AvgIpc) is 2.74. The Hall–Kier alpha value is -1.14. The van der Waals surface area contributed by atoms with Crippen LogP contribution in [0.25, 0.3) is 0 Å². The molecule has 21 heavy (non-hydrogen) atoms. The molecule has 3 rings (SSSR count). The van der Waals surface area contributed by atoms with E-state index < -0.39 is 0 Å². The summed E-state index contributed by atoms with van der Waals surface area (Å²) in [7, 11) is 1.97. The van der Waals surface area contributed by atoms with Gasteiger partial charge in [-0.2, -0.15) is 0 Å². The molecule has 110 valence electrons. The van der Waals surface area contributed by atoms with Crippen LogP contribution in [0.1, 0.15) is 17.0 Å². The molecule has 0 aliphatic carbocycles. The molecule has 4 nitrogen and oxygen atoms in total. The fourth-order valence-electron chi connectivity index (χ4n) is 2.60. The van der Waals surface area contributed by atoms with Crippen LogP contribution in [0.4, 0.5) is 0 Å². The third-order valence-corrected chi connectivity index (χ3v) is 5.00. The van der Waals surface area contributed by atoms with Crippen molar-refractivity contribution >= 4 is 37.8 Å². The number of rotatable bonds is 2. The van der Waals surface area contributed by atoms with Crippen molar-refractivity contribution in [1.29, 1.82) is 0 Å². The molecule has 2 aromatic rings. The summed E-state index contributed by atoms with van der Waals surface area (Å²) in [6.45, 7) is 1.38. The van der Waals surface area contributed by atoms with Gasteiger partial charge in [-0.3, -0.25) is 4.79 Å². The molecule has 2 heterocycles. The number of hydrogen-bond acceptors (Lipinski definition) is 2.